The average molecular weight is 294 g/mol. The molecule has 1 aromatic rings. The van der Waals surface area contributed by atoms with Gasteiger partial charge in [0.1, 0.15) is 0 Å². The lowest BCUT2D eigenvalue weighted by Gasteiger charge is -2.10. The molecule has 1 amide bonds. The number of thiol groups is 1. The number of carbonyl (C=O) groups is 1. The minimum atomic E-state index is -3.26. The van der Waals surface area contributed by atoms with E-state index < -0.39 is 16.2 Å². The van der Waals surface area contributed by atoms with Crippen LogP contribution in [0.3, 0.4) is 0 Å². The third-order valence-electron chi connectivity index (χ3n) is 1.89. The highest BCUT2D eigenvalue weighted by atomic mass is 32.2. The smallest absolute Gasteiger partial charge is 0.274 e. The van der Waals surface area contributed by atoms with Crippen LogP contribution in [0.25, 0.3) is 0 Å². The summed E-state index contributed by atoms with van der Waals surface area (Å²) in [6, 6.07) is 6.81. The molecule has 0 spiro atoms. The Morgan fingerprint density at radius 3 is 1.94 bits per heavy atom. The summed E-state index contributed by atoms with van der Waals surface area (Å²) in [6.45, 7) is 1.92. The van der Waals surface area contributed by atoms with Crippen LogP contribution in [-0.4, -0.2) is 33.0 Å². The molecule has 0 radical (unpaired) electrons. The fourth-order valence-corrected chi connectivity index (χ4v) is 1.82. The Morgan fingerprint density at radius 1 is 1.28 bits per heavy atom. The highest BCUT2D eigenvalue weighted by molar-refractivity contribution is 7.89. The molecule has 0 bridgehead atoms. The molecule has 1 N–H and O–H groups in total. The van der Waals surface area contributed by atoms with Crippen molar-refractivity contribution < 1.29 is 17.6 Å². The first-order valence-corrected chi connectivity index (χ1v) is 6.69. The third-order valence-corrected chi connectivity index (χ3v) is 3.89. The van der Waals surface area contributed by atoms with Crippen LogP contribution in [0.5, 0.6) is 0 Å². The van der Waals surface area contributed by atoms with Gasteiger partial charge in [0, 0.05) is 14.1 Å². The van der Waals surface area contributed by atoms with E-state index in [2.05, 4.69) is 12.8 Å². The van der Waals surface area contributed by atoms with Crippen LogP contribution in [-0.2, 0) is 10.0 Å². The Hall–Kier alpha value is -1.12. The molecule has 102 valence electrons. The maximum Gasteiger partial charge on any atom is 0.407 e. The van der Waals surface area contributed by atoms with Crippen molar-refractivity contribution in [2.24, 2.45) is 0 Å². The first kappa shape index (κ1) is 16.9. The van der Waals surface area contributed by atoms with Gasteiger partial charge in [-0.2, -0.15) is 0 Å². The van der Waals surface area contributed by atoms with Crippen LogP contribution < -0.4 is 4.72 Å². The van der Waals surface area contributed by atoms with E-state index in [1.807, 2.05) is 6.92 Å². The zero-order valence-electron chi connectivity index (χ0n) is 10.2. The van der Waals surface area contributed by atoms with E-state index in [9.17, 15) is 12.8 Å². The summed E-state index contributed by atoms with van der Waals surface area (Å²) in [5.41, 5.74) is 1.05. The molecular formula is C10H15FN2O3S2. The Labute approximate surface area is 112 Å². The fourth-order valence-electron chi connectivity index (χ4n) is 0.921. The minimum Gasteiger partial charge on any atom is -0.274 e. The van der Waals surface area contributed by atoms with Gasteiger partial charge in [-0.1, -0.05) is 30.5 Å². The van der Waals surface area contributed by atoms with Gasteiger partial charge in [0.2, 0.25) is 10.0 Å². The van der Waals surface area contributed by atoms with Crippen LogP contribution in [0.2, 0.25) is 0 Å². The second kappa shape index (κ2) is 7.34. The predicted molar refractivity (Wildman–Crippen MR) is 70.7 cm³/mol. The van der Waals surface area contributed by atoms with Crippen LogP contribution >= 0.6 is 12.8 Å². The first-order chi connectivity index (χ1) is 8.21. The van der Waals surface area contributed by atoms with Gasteiger partial charge < -0.3 is 0 Å². The number of carbonyl (C=O) groups excluding carboxylic acids is 1. The number of sulfonamides is 1. The number of nitrogens with one attached hydrogen (secondary N) is 1. The van der Waals surface area contributed by atoms with Gasteiger partial charge in [-0.15, -0.1) is 4.39 Å². The lowest BCUT2D eigenvalue weighted by atomic mass is 10.2. The zero-order chi connectivity index (χ0) is 14.3. The van der Waals surface area contributed by atoms with Crippen molar-refractivity contribution in [3.63, 3.8) is 0 Å². The molecule has 0 aromatic heterocycles. The van der Waals surface area contributed by atoms with Gasteiger partial charge in [0.15, 0.2) is 0 Å². The summed E-state index contributed by atoms with van der Waals surface area (Å²) in [4.78, 5) is 9.29. The molecule has 1 rings (SSSR count). The Balaban J connectivity index is 0.000000494. The number of aryl methyl sites for hydroxylation is 1. The molecule has 0 aliphatic heterocycles. The van der Waals surface area contributed by atoms with Gasteiger partial charge in [-0.05, 0) is 19.1 Å². The van der Waals surface area contributed by atoms with Crippen LogP contribution in [0, 0.1) is 6.92 Å². The summed E-state index contributed by atoms with van der Waals surface area (Å²) < 4.78 is 36.4. The lowest BCUT2D eigenvalue weighted by Crippen LogP contribution is -2.22. The van der Waals surface area contributed by atoms with Gasteiger partial charge in [-0.25, -0.2) is 17.5 Å². The second-order valence-electron chi connectivity index (χ2n) is 3.49. The van der Waals surface area contributed by atoms with Gasteiger partial charge in [0.05, 0.1) is 4.90 Å². The van der Waals surface area contributed by atoms with E-state index in [-0.39, 0.29) is 0 Å². The third kappa shape index (κ3) is 5.48. The van der Waals surface area contributed by atoms with Crippen LogP contribution in [0.4, 0.5) is 9.18 Å². The molecule has 0 saturated heterocycles. The van der Waals surface area contributed by atoms with Crippen molar-refractivity contribution in [1.29, 1.82) is 0 Å². The quantitative estimate of drug-likeness (QED) is 0.496. The number of hydrogen-bond acceptors (Lipinski definition) is 4. The highest BCUT2D eigenvalue weighted by Crippen LogP contribution is 2.12. The number of benzene rings is 1. The monoisotopic (exact) mass is 294 g/mol. The Morgan fingerprint density at radius 2 is 1.67 bits per heavy atom. The van der Waals surface area contributed by atoms with Crippen LogP contribution in [0.1, 0.15) is 5.56 Å². The van der Waals surface area contributed by atoms with Crippen LogP contribution in [0.15, 0.2) is 29.2 Å². The number of rotatable bonds is 2. The molecule has 0 unspecified atom stereocenters. The molecular weight excluding hydrogens is 279 g/mol. The molecule has 0 aliphatic rings. The molecule has 18 heavy (non-hydrogen) atoms. The van der Waals surface area contributed by atoms with E-state index >= 15 is 0 Å². The predicted octanol–water partition coefficient (Wildman–Crippen LogP) is 1.76. The molecule has 0 atom stereocenters. The maximum atomic E-state index is 11.6. The zero-order valence-corrected chi connectivity index (χ0v) is 11.9. The van der Waals surface area contributed by atoms with E-state index in [1.54, 1.807) is 24.3 Å². The van der Waals surface area contributed by atoms with Crippen molar-refractivity contribution in [2.75, 3.05) is 14.1 Å². The molecule has 1 aromatic carbocycles. The SMILES string of the molecule is Cc1ccc(S(=O)(=O)N(C)C)cc1.O=C(F)NS. The summed E-state index contributed by atoms with van der Waals surface area (Å²) in [5, 5.41) is 0. The molecule has 0 aliphatic carbocycles. The fraction of sp³-hybridized carbons (Fsp3) is 0.300. The number of hydrogen-bond donors (Lipinski definition) is 2. The van der Waals surface area contributed by atoms with E-state index in [0.29, 0.717) is 4.90 Å². The first-order valence-electron chi connectivity index (χ1n) is 4.80. The molecule has 0 heterocycles. The number of halogens is 1. The molecule has 0 saturated carbocycles. The summed E-state index contributed by atoms with van der Waals surface area (Å²) in [7, 11) is -0.214. The van der Waals surface area contributed by atoms with E-state index in [1.165, 1.54) is 23.1 Å². The lowest BCUT2D eigenvalue weighted by molar-refractivity contribution is 0.228. The van der Waals surface area contributed by atoms with Crippen molar-refractivity contribution in [3.05, 3.63) is 29.8 Å². The van der Waals surface area contributed by atoms with Crippen molar-refractivity contribution >= 4 is 29.0 Å². The second-order valence-corrected chi connectivity index (χ2v) is 5.86. The average Bonchev–Trinajstić information content (AvgIpc) is 2.30. The standard InChI is InChI=1S/C9H13NO2S.CH2FNOS/c1-8-4-6-9(7-5-8)13(11,12)10(2)3;2-1(4)3-5/h4-7H,1-3H3;5H,(H,3,4). The topological polar surface area (TPSA) is 66.5 Å². The van der Waals surface area contributed by atoms with Crippen molar-refractivity contribution in [1.82, 2.24) is 9.03 Å². The van der Waals surface area contributed by atoms with E-state index in [4.69, 9.17) is 4.79 Å². The van der Waals surface area contributed by atoms with Gasteiger partial charge in [0.25, 0.3) is 0 Å². The number of nitrogens with zero attached hydrogens (tertiary/aromatic N) is 1. The molecule has 0 fully saturated rings. The molecule has 5 nitrogen and oxygen atoms in total. The summed E-state index contributed by atoms with van der Waals surface area (Å²) in [5.74, 6) is 0. The highest BCUT2D eigenvalue weighted by Gasteiger charge is 2.15. The van der Waals surface area contributed by atoms with E-state index in [0.717, 1.165) is 5.56 Å². The summed E-state index contributed by atoms with van der Waals surface area (Å²) in [6.07, 6.45) is -1.63. The number of amides is 1. The minimum absolute atomic E-state index is 0.336. The van der Waals surface area contributed by atoms with Crippen molar-refractivity contribution in [2.45, 2.75) is 11.8 Å². The maximum absolute atomic E-state index is 11.6. The largest absolute Gasteiger partial charge is 0.407 e. The Kier molecular flexibility index (Phi) is 6.89. The van der Waals surface area contributed by atoms with Gasteiger partial charge >= 0.3 is 6.16 Å². The Bertz CT molecular complexity index is 486. The molecule has 8 heteroatoms. The normalized spacial score (nSPS) is 10.6. The van der Waals surface area contributed by atoms with Gasteiger partial charge in [-0.3, -0.25) is 4.72 Å². The van der Waals surface area contributed by atoms with Crippen molar-refractivity contribution in [3.8, 4) is 0 Å². The summed E-state index contributed by atoms with van der Waals surface area (Å²) >= 11 is 3.04.